The van der Waals surface area contributed by atoms with Crippen molar-refractivity contribution in [2.75, 3.05) is 18.4 Å². The topological polar surface area (TPSA) is 71.3 Å². The van der Waals surface area contributed by atoms with Crippen LogP contribution in [-0.2, 0) is 16.8 Å². The SMILES string of the molecule is O=C1Nc2ccccc2[C@]12CCCN(Cc1nnc(-c3ccccc3)o1)C2. The summed E-state index contributed by atoms with van der Waals surface area (Å²) in [6, 6.07) is 17.8. The molecule has 2 aromatic carbocycles. The zero-order valence-corrected chi connectivity index (χ0v) is 14.9. The van der Waals surface area contributed by atoms with Crippen LogP contribution in [0.4, 0.5) is 5.69 Å². The molecule has 6 heteroatoms. The van der Waals surface area contributed by atoms with Gasteiger partial charge in [0.05, 0.1) is 12.0 Å². The normalized spacial score (nSPS) is 22.0. The molecular formula is C21H20N4O2. The van der Waals surface area contributed by atoms with Gasteiger partial charge in [-0.05, 0) is 43.1 Å². The van der Waals surface area contributed by atoms with Crippen molar-refractivity contribution in [3.8, 4) is 11.5 Å². The summed E-state index contributed by atoms with van der Waals surface area (Å²) in [7, 11) is 0. The van der Waals surface area contributed by atoms with E-state index in [1.54, 1.807) is 0 Å². The van der Waals surface area contributed by atoms with E-state index < -0.39 is 5.41 Å². The quantitative estimate of drug-likeness (QED) is 0.776. The molecule has 2 aliphatic rings. The molecule has 1 N–H and O–H groups in total. The van der Waals surface area contributed by atoms with Crippen molar-refractivity contribution in [2.45, 2.75) is 24.8 Å². The average molecular weight is 360 g/mol. The van der Waals surface area contributed by atoms with Crippen LogP contribution in [0.2, 0.25) is 0 Å². The maximum atomic E-state index is 12.8. The van der Waals surface area contributed by atoms with Crippen LogP contribution in [0.1, 0.15) is 24.3 Å². The number of likely N-dealkylation sites (tertiary alicyclic amines) is 1. The number of carbonyl (C=O) groups excluding carboxylic acids is 1. The number of hydrogen-bond donors (Lipinski definition) is 1. The minimum atomic E-state index is -0.475. The minimum absolute atomic E-state index is 0.101. The number of nitrogens with one attached hydrogen (secondary N) is 1. The summed E-state index contributed by atoms with van der Waals surface area (Å²) >= 11 is 0. The summed E-state index contributed by atoms with van der Waals surface area (Å²) < 4.78 is 5.86. The molecule has 1 aromatic heterocycles. The Morgan fingerprint density at radius 2 is 1.89 bits per heavy atom. The van der Waals surface area contributed by atoms with Crippen molar-refractivity contribution < 1.29 is 9.21 Å². The van der Waals surface area contributed by atoms with Gasteiger partial charge in [0.15, 0.2) is 0 Å². The molecule has 0 unspecified atom stereocenters. The zero-order valence-electron chi connectivity index (χ0n) is 14.9. The Labute approximate surface area is 157 Å². The van der Waals surface area contributed by atoms with E-state index in [1.165, 1.54) is 0 Å². The van der Waals surface area contributed by atoms with E-state index in [4.69, 9.17) is 4.42 Å². The second kappa shape index (κ2) is 6.32. The molecule has 3 heterocycles. The Kier molecular flexibility index (Phi) is 3.79. The number of benzene rings is 2. The van der Waals surface area contributed by atoms with Crippen molar-refractivity contribution in [3.05, 3.63) is 66.1 Å². The third-order valence-electron chi connectivity index (χ3n) is 5.54. The Hall–Kier alpha value is -2.99. The molecule has 0 saturated carbocycles. The highest BCUT2D eigenvalue weighted by Crippen LogP contribution is 2.43. The number of anilines is 1. The number of fused-ring (bicyclic) bond motifs is 2. The molecule has 5 rings (SSSR count). The van der Waals surface area contributed by atoms with Gasteiger partial charge in [-0.15, -0.1) is 10.2 Å². The largest absolute Gasteiger partial charge is 0.419 e. The van der Waals surface area contributed by atoms with Crippen LogP contribution in [0.15, 0.2) is 59.0 Å². The molecule has 0 aliphatic carbocycles. The lowest BCUT2D eigenvalue weighted by Gasteiger charge is -2.38. The van der Waals surface area contributed by atoms with Crippen molar-refractivity contribution in [1.29, 1.82) is 0 Å². The number of para-hydroxylation sites is 1. The number of aromatic nitrogens is 2. The number of piperidine rings is 1. The van der Waals surface area contributed by atoms with Gasteiger partial charge in [-0.1, -0.05) is 36.4 Å². The molecule has 136 valence electrons. The standard InChI is InChI=1S/C21H20N4O2/c26-20-21(16-9-4-5-10-17(16)22-20)11-6-12-25(14-21)13-18-23-24-19(27-18)15-7-2-1-3-8-15/h1-5,7-10H,6,11-14H2,(H,22,26)/t21-/m1/s1. The molecule has 1 fully saturated rings. The van der Waals surface area contributed by atoms with Gasteiger partial charge < -0.3 is 9.73 Å². The molecule has 1 spiro atoms. The van der Waals surface area contributed by atoms with Crippen LogP contribution >= 0.6 is 0 Å². The van der Waals surface area contributed by atoms with Crippen LogP contribution < -0.4 is 5.32 Å². The van der Waals surface area contributed by atoms with E-state index in [1.807, 2.05) is 48.5 Å². The van der Waals surface area contributed by atoms with E-state index in [2.05, 4.69) is 26.5 Å². The highest BCUT2D eigenvalue weighted by Gasteiger charge is 2.49. The van der Waals surface area contributed by atoms with Crippen LogP contribution in [0.5, 0.6) is 0 Å². The van der Waals surface area contributed by atoms with Crippen LogP contribution in [-0.4, -0.2) is 34.1 Å². The fraction of sp³-hybridized carbons (Fsp3) is 0.286. The number of rotatable bonds is 3. The van der Waals surface area contributed by atoms with Crippen LogP contribution in [0.3, 0.4) is 0 Å². The second-order valence-electron chi connectivity index (χ2n) is 7.26. The summed E-state index contributed by atoms with van der Waals surface area (Å²) in [4.78, 5) is 15.0. The number of nitrogens with zero attached hydrogens (tertiary/aromatic N) is 3. The number of hydrogen-bond acceptors (Lipinski definition) is 5. The molecule has 1 atom stereocenters. The molecule has 1 saturated heterocycles. The molecular weight excluding hydrogens is 340 g/mol. The molecule has 6 nitrogen and oxygen atoms in total. The molecule has 0 radical (unpaired) electrons. The van der Waals surface area contributed by atoms with Gasteiger partial charge in [0.1, 0.15) is 0 Å². The van der Waals surface area contributed by atoms with E-state index in [0.717, 1.165) is 36.2 Å². The van der Waals surface area contributed by atoms with E-state index in [9.17, 15) is 4.79 Å². The van der Waals surface area contributed by atoms with Crippen LogP contribution in [0.25, 0.3) is 11.5 Å². The Morgan fingerprint density at radius 1 is 1.07 bits per heavy atom. The summed E-state index contributed by atoms with van der Waals surface area (Å²) in [5.41, 5.74) is 2.48. The lowest BCUT2D eigenvalue weighted by Crippen LogP contribution is -2.49. The third-order valence-corrected chi connectivity index (χ3v) is 5.54. The highest BCUT2D eigenvalue weighted by atomic mass is 16.4. The summed E-state index contributed by atoms with van der Waals surface area (Å²) in [5, 5.41) is 11.4. The first-order chi connectivity index (χ1) is 13.2. The lowest BCUT2D eigenvalue weighted by molar-refractivity contribution is -0.123. The predicted octanol–water partition coefficient (Wildman–Crippen LogP) is 3.22. The Morgan fingerprint density at radius 3 is 2.78 bits per heavy atom. The molecule has 2 aliphatic heterocycles. The maximum absolute atomic E-state index is 12.8. The summed E-state index contributed by atoms with van der Waals surface area (Å²) in [5.74, 6) is 1.21. The van der Waals surface area contributed by atoms with Gasteiger partial charge in [-0.2, -0.15) is 0 Å². The lowest BCUT2D eigenvalue weighted by atomic mass is 9.75. The van der Waals surface area contributed by atoms with Gasteiger partial charge in [0.2, 0.25) is 17.7 Å². The van der Waals surface area contributed by atoms with Crippen molar-refractivity contribution in [1.82, 2.24) is 15.1 Å². The van der Waals surface area contributed by atoms with Crippen LogP contribution in [0, 0.1) is 0 Å². The van der Waals surface area contributed by atoms with Gasteiger partial charge in [-0.3, -0.25) is 9.69 Å². The second-order valence-corrected chi connectivity index (χ2v) is 7.26. The maximum Gasteiger partial charge on any atom is 0.247 e. The number of carbonyl (C=O) groups is 1. The molecule has 3 aromatic rings. The Balaban J connectivity index is 1.37. The van der Waals surface area contributed by atoms with E-state index in [-0.39, 0.29) is 5.91 Å². The molecule has 0 bridgehead atoms. The highest BCUT2D eigenvalue weighted by molar-refractivity contribution is 6.06. The molecule has 1 amide bonds. The van der Waals surface area contributed by atoms with Gasteiger partial charge in [0.25, 0.3) is 0 Å². The van der Waals surface area contributed by atoms with Gasteiger partial charge >= 0.3 is 0 Å². The first-order valence-corrected chi connectivity index (χ1v) is 9.26. The predicted molar refractivity (Wildman–Crippen MR) is 101 cm³/mol. The first-order valence-electron chi connectivity index (χ1n) is 9.26. The van der Waals surface area contributed by atoms with Crippen molar-refractivity contribution in [2.24, 2.45) is 0 Å². The summed E-state index contributed by atoms with van der Waals surface area (Å²) in [6.07, 6.45) is 1.83. The third kappa shape index (κ3) is 2.73. The average Bonchev–Trinajstić information content (AvgIpc) is 3.27. The van der Waals surface area contributed by atoms with Gasteiger partial charge in [0, 0.05) is 17.8 Å². The van der Waals surface area contributed by atoms with E-state index >= 15 is 0 Å². The molecule has 27 heavy (non-hydrogen) atoms. The smallest absolute Gasteiger partial charge is 0.247 e. The number of amides is 1. The summed E-state index contributed by atoms with van der Waals surface area (Å²) in [6.45, 7) is 2.14. The zero-order chi connectivity index (χ0) is 18.3. The monoisotopic (exact) mass is 360 g/mol. The Bertz CT molecular complexity index is 985. The fourth-order valence-corrected chi connectivity index (χ4v) is 4.26. The van der Waals surface area contributed by atoms with Gasteiger partial charge in [-0.25, -0.2) is 0 Å². The van der Waals surface area contributed by atoms with E-state index in [0.29, 0.717) is 24.9 Å². The first kappa shape index (κ1) is 16.2. The van der Waals surface area contributed by atoms with Crippen molar-refractivity contribution >= 4 is 11.6 Å². The van der Waals surface area contributed by atoms with Crippen molar-refractivity contribution in [3.63, 3.8) is 0 Å². The minimum Gasteiger partial charge on any atom is -0.419 e. The fourth-order valence-electron chi connectivity index (χ4n) is 4.26.